The predicted octanol–water partition coefficient (Wildman–Crippen LogP) is 3.34. The third-order valence-corrected chi connectivity index (χ3v) is 4.61. The van der Waals surface area contributed by atoms with Crippen LogP contribution >= 0.6 is 11.6 Å². The molecule has 1 heterocycles. The second-order valence-electron chi connectivity index (χ2n) is 6.05. The van der Waals surface area contributed by atoms with Gasteiger partial charge in [0.2, 0.25) is 0 Å². The van der Waals surface area contributed by atoms with Crippen LogP contribution in [0.15, 0.2) is 48.5 Å². The van der Waals surface area contributed by atoms with E-state index in [1.165, 1.54) is 0 Å². The fraction of sp³-hybridized carbons (Fsp3) is 0.300. The van der Waals surface area contributed by atoms with Gasteiger partial charge in [-0.05, 0) is 55.5 Å². The number of benzene rings is 2. The molecule has 5 nitrogen and oxygen atoms in total. The van der Waals surface area contributed by atoms with Gasteiger partial charge in [-0.1, -0.05) is 11.6 Å². The lowest BCUT2D eigenvalue weighted by Gasteiger charge is -2.35. The minimum atomic E-state index is -0.0326. The number of halogens is 1. The molecular weight excluding hydrogens is 352 g/mol. The van der Waals surface area contributed by atoms with Gasteiger partial charge in [0, 0.05) is 42.3 Å². The third kappa shape index (κ3) is 4.17. The molecule has 0 bridgehead atoms. The number of nitrogens with zero attached hydrogens (tertiary/aromatic N) is 2. The quantitative estimate of drug-likeness (QED) is 0.827. The number of carbonyl (C=O) groups excluding carboxylic acids is 2. The average Bonchev–Trinajstić information content (AvgIpc) is 2.68. The molecule has 0 atom stereocenters. The summed E-state index contributed by atoms with van der Waals surface area (Å²) < 4.78 is 5.40. The first kappa shape index (κ1) is 18.3. The molecule has 0 radical (unpaired) electrons. The van der Waals surface area contributed by atoms with Crippen LogP contribution in [0.2, 0.25) is 5.02 Å². The molecular formula is C20H21ClN2O3. The van der Waals surface area contributed by atoms with E-state index in [0.717, 1.165) is 5.75 Å². The van der Waals surface area contributed by atoms with Crippen molar-refractivity contribution >= 4 is 23.4 Å². The molecule has 2 aromatic rings. The highest BCUT2D eigenvalue weighted by atomic mass is 35.5. The Morgan fingerprint density at radius 3 is 1.69 bits per heavy atom. The predicted molar refractivity (Wildman–Crippen MR) is 101 cm³/mol. The number of hydrogen-bond donors (Lipinski definition) is 0. The first-order valence-corrected chi connectivity index (χ1v) is 9.03. The van der Waals surface area contributed by atoms with Crippen molar-refractivity contribution in [2.24, 2.45) is 0 Å². The summed E-state index contributed by atoms with van der Waals surface area (Å²) in [6, 6.07) is 14.0. The normalized spacial score (nSPS) is 14.2. The zero-order chi connectivity index (χ0) is 18.5. The van der Waals surface area contributed by atoms with E-state index in [0.29, 0.717) is 48.9 Å². The van der Waals surface area contributed by atoms with Gasteiger partial charge in [0.1, 0.15) is 5.75 Å². The van der Waals surface area contributed by atoms with E-state index >= 15 is 0 Å². The Hall–Kier alpha value is -2.53. The Balaban J connectivity index is 1.58. The SMILES string of the molecule is CCOc1ccc(C(=O)N2CCN(C(=O)c3ccc(Cl)cc3)CC2)cc1. The summed E-state index contributed by atoms with van der Waals surface area (Å²) in [5.41, 5.74) is 1.24. The van der Waals surface area contributed by atoms with Crippen molar-refractivity contribution in [2.75, 3.05) is 32.8 Å². The van der Waals surface area contributed by atoms with Crippen molar-refractivity contribution in [2.45, 2.75) is 6.92 Å². The van der Waals surface area contributed by atoms with Crippen LogP contribution < -0.4 is 4.74 Å². The number of piperazine rings is 1. The number of hydrogen-bond acceptors (Lipinski definition) is 3. The molecule has 0 N–H and O–H groups in total. The maximum absolute atomic E-state index is 12.6. The highest BCUT2D eigenvalue weighted by Gasteiger charge is 2.25. The lowest BCUT2D eigenvalue weighted by molar-refractivity contribution is 0.0535. The number of ether oxygens (including phenoxy) is 1. The van der Waals surface area contributed by atoms with Crippen LogP contribution in [0.5, 0.6) is 5.75 Å². The van der Waals surface area contributed by atoms with Crippen molar-refractivity contribution in [1.82, 2.24) is 9.80 Å². The molecule has 0 aromatic heterocycles. The van der Waals surface area contributed by atoms with Gasteiger partial charge in [0.25, 0.3) is 11.8 Å². The van der Waals surface area contributed by atoms with Gasteiger partial charge in [0.15, 0.2) is 0 Å². The maximum atomic E-state index is 12.6. The van der Waals surface area contributed by atoms with Crippen LogP contribution in [-0.4, -0.2) is 54.4 Å². The summed E-state index contributed by atoms with van der Waals surface area (Å²) in [4.78, 5) is 28.7. The van der Waals surface area contributed by atoms with E-state index in [9.17, 15) is 9.59 Å². The zero-order valence-corrected chi connectivity index (χ0v) is 15.4. The molecule has 1 saturated heterocycles. The monoisotopic (exact) mass is 372 g/mol. The molecule has 136 valence electrons. The third-order valence-electron chi connectivity index (χ3n) is 4.36. The fourth-order valence-electron chi connectivity index (χ4n) is 2.93. The smallest absolute Gasteiger partial charge is 0.253 e. The van der Waals surface area contributed by atoms with Crippen molar-refractivity contribution in [3.8, 4) is 5.75 Å². The lowest BCUT2D eigenvalue weighted by Crippen LogP contribution is -2.50. The van der Waals surface area contributed by atoms with E-state index < -0.39 is 0 Å². The molecule has 2 aromatic carbocycles. The van der Waals surface area contributed by atoms with Gasteiger partial charge < -0.3 is 14.5 Å². The molecule has 1 aliphatic rings. The van der Waals surface area contributed by atoms with Gasteiger partial charge in [0.05, 0.1) is 6.61 Å². The summed E-state index contributed by atoms with van der Waals surface area (Å²) in [6.45, 7) is 4.59. The zero-order valence-electron chi connectivity index (χ0n) is 14.7. The Morgan fingerprint density at radius 2 is 1.27 bits per heavy atom. The largest absolute Gasteiger partial charge is 0.494 e. The van der Waals surface area contributed by atoms with Crippen LogP contribution in [0.25, 0.3) is 0 Å². The van der Waals surface area contributed by atoms with E-state index in [1.54, 1.807) is 58.3 Å². The van der Waals surface area contributed by atoms with E-state index in [-0.39, 0.29) is 11.8 Å². The summed E-state index contributed by atoms with van der Waals surface area (Å²) >= 11 is 5.86. The summed E-state index contributed by atoms with van der Waals surface area (Å²) in [5, 5.41) is 0.604. The van der Waals surface area contributed by atoms with Crippen molar-refractivity contribution < 1.29 is 14.3 Å². The van der Waals surface area contributed by atoms with Crippen LogP contribution in [-0.2, 0) is 0 Å². The van der Waals surface area contributed by atoms with Crippen LogP contribution in [0.3, 0.4) is 0 Å². The summed E-state index contributed by atoms with van der Waals surface area (Å²) in [7, 11) is 0. The van der Waals surface area contributed by atoms with Crippen LogP contribution in [0.1, 0.15) is 27.6 Å². The van der Waals surface area contributed by atoms with Crippen LogP contribution in [0, 0.1) is 0 Å². The Labute approximate surface area is 158 Å². The van der Waals surface area contributed by atoms with Gasteiger partial charge in [-0.2, -0.15) is 0 Å². The molecule has 0 aliphatic carbocycles. The standard InChI is InChI=1S/C20H21ClN2O3/c1-2-26-18-9-5-16(6-10-18)20(25)23-13-11-22(12-14-23)19(24)15-3-7-17(21)8-4-15/h3-10H,2,11-14H2,1H3. The van der Waals surface area contributed by atoms with Crippen molar-refractivity contribution in [3.63, 3.8) is 0 Å². The highest BCUT2D eigenvalue weighted by Crippen LogP contribution is 2.16. The number of rotatable bonds is 4. The molecule has 1 aliphatic heterocycles. The number of carbonyl (C=O) groups is 2. The maximum Gasteiger partial charge on any atom is 0.253 e. The van der Waals surface area contributed by atoms with Gasteiger partial charge in [-0.15, -0.1) is 0 Å². The van der Waals surface area contributed by atoms with E-state index in [2.05, 4.69) is 0 Å². The first-order valence-electron chi connectivity index (χ1n) is 8.65. The molecule has 0 unspecified atom stereocenters. The van der Waals surface area contributed by atoms with Crippen molar-refractivity contribution in [1.29, 1.82) is 0 Å². The Morgan fingerprint density at radius 1 is 0.846 bits per heavy atom. The van der Waals surface area contributed by atoms with Gasteiger partial charge in [-0.3, -0.25) is 9.59 Å². The lowest BCUT2D eigenvalue weighted by atomic mass is 10.1. The average molecular weight is 373 g/mol. The second kappa shape index (κ2) is 8.23. The number of amides is 2. The molecule has 1 fully saturated rings. The fourth-order valence-corrected chi connectivity index (χ4v) is 3.06. The van der Waals surface area contributed by atoms with Gasteiger partial charge >= 0.3 is 0 Å². The molecule has 6 heteroatoms. The molecule has 0 spiro atoms. The second-order valence-corrected chi connectivity index (χ2v) is 6.49. The molecule has 2 amide bonds. The summed E-state index contributed by atoms with van der Waals surface area (Å²) in [5.74, 6) is 0.698. The molecule has 3 rings (SSSR count). The highest BCUT2D eigenvalue weighted by molar-refractivity contribution is 6.30. The first-order chi connectivity index (χ1) is 12.6. The topological polar surface area (TPSA) is 49.9 Å². The van der Waals surface area contributed by atoms with Crippen LogP contribution in [0.4, 0.5) is 0 Å². The minimum absolute atomic E-state index is 0.0216. The van der Waals surface area contributed by atoms with Gasteiger partial charge in [-0.25, -0.2) is 0 Å². The molecule has 0 saturated carbocycles. The van der Waals surface area contributed by atoms with Crippen molar-refractivity contribution in [3.05, 3.63) is 64.7 Å². The Kier molecular flexibility index (Phi) is 5.78. The molecule has 26 heavy (non-hydrogen) atoms. The van der Waals surface area contributed by atoms with E-state index in [4.69, 9.17) is 16.3 Å². The van der Waals surface area contributed by atoms with E-state index in [1.807, 2.05) is 6.92 Å². The summed E-state index contributed by atoms with van der Waals surface area (Å²) in [6.07, 6.45) is 0. The Bertz CT molecular complexity index is 767. The minimum Gasteiger partial charge on any atom is -0.494 e.